The molecule has 1 unspecified atom stereocenters. The van der Waals surface area contributed by atoms with Gasteiger partial charge in [0.05, 0.1) is 17.7 Å². The van der Waals surface area contributed by atoms with Gasteiger partial charge >= 0.3 is 12.2 Å². The van der Waals surface area contributed by atoms with E-state index in [1.807, 2.05) is 37.3 Å². The summed E-state index contributed by atoms with van der Waals surface area (Å²) in [4.78, 5) is 32.0. The van der Waals surface area contributed by atoms with E-state index in [1.54, 1.807) is 24.3 Å². The van der Waals surface area contributed by atoms with Crippen LogP contribution in [0.1, 0.15) is 48.4 Å². The lowest BCUT2D eigenvalue weighted by atomic mass is 9.87. The average Bonchev–Trinajstić information content (AvgIpc) is 3.30. The molecule has 45 heavy (non-hydrogen) atoms. The molecule has 0 bridgehead atoms. The highest BCUT2D eigenvalue weighted by Gasteiger charge is 2.51. The summed E-state index contributed by atoms with van der Waals surface area (Å²) in [6, 6.07) is 18.2. The third-order valence-corrected chi connectivity index (χ3v) is 8.23. The van der Waals surface area contributed by atoms with E-state index in [4.69, 9.17) is 14.2 Å². The van der Waals surface area contributed by atoms with E-state index in [1.165, 1.54) is 17.2 Å². The third-order valence-electron chi connectivity index (χ3n) is 8.23. The van der Waals surface area contributed by atoms with E-state index in [2.05, 4.69) is 10.3 Å². The normalized spacial score (nSPS) is 17.9. The van der Waals surface area contributed by atoms with Crippen molar-refractivity contribution in [3.63, 3.8) is 0 Å². The van der Waals surface area contributed by atoms with Gasteiger partial charge in [0.1, 0.15) is 24.5 Å². The molecule has 234 valence electrons. The minimum Gasteiger partial charge on any atom is -0.493 e. The molecule has 8 nitrogen and oxygen atoms in total. The molecule has 2 aliphatic rings. The van der Waals surface area contributed by atoms with Crippen molar-refractivity contribution in [1.29, 1.82) is 0 Å². The van der Waals surface area contributed by atoms with E-state index in [-0.39, 0.29) is 30.0 Å². The monoisotopic (exact) mass is 619 g/mol. The molecule has 1 fully saturated rings. The molecule has 2 aliphatic heterocycles. The van der Waals surface area contributed by atoms with Crippen molar-refractivity contribution < 1.29 is 37.0 Å². The van der Waals surface area contributed by atoms with Crippen molar-refractivity contribution in [3.8, 4) is 17.2 Å². The molecule has 0 aliphatic carbocycles. The number of nitrogens with zero attached hydrogens (tertiary/aromatic N) is 2. The first-order valence-electron chi connectivity index (χ1n) is 14.9. The number of halogens is 3. The number of hydrogen-bond donors (Lipinski definition) is 1. The van der Waals surface area contributed by atoms with Gasteiger partial charge in [-0.05, 0) is 54.7 Å². The third kappa shape index (κ3) is 5.86. The lowest BCUT2D eigenvalue weighted by Crippen LogP contribution is -2.43. The molecule has 1 N–H and O–H groups in total. The van der Waals surface area contributed by atoms with Crippen molar-refractivity contribution in [2.24, 2.45) is 0 Å². The zero-order chi connectivity index (χ0) is 31.6. The Bertz CT molecular complexity index is 1730. The molecular weight excluding hydrogens is 587 g/mol. The summed E-state index contributed by atoms with van der Waals surface area (Å²) in [5.74, 6) is 1.11. The maximum absolute atomic E-state index is 13.8. The first-order chi connectivity index (χ1) is 21.7. The number of fused-ring (bicyclic) bond motifs is 2. The van der Waals surface area contributed by atoms with Crippen LogP contribution < -0.4 is 19.5 Å². The fourth-order valence-corrected chi connectivity index (χ4v) is 5.90. The van der Waals surface area contributed by atoms with Crippen LogP contribution in [0.3, 0.4) is 0 Å². The number of pyridine rings is 1. The minimum atomic E-state index is -4.57. The van der Waals surface area contributed by atoms with Crippen LogP contribution in [0.5, 0.6) is 17.2 Å². The van der Waals surface area contributed by atoms with Crippen LogP contribution in [0.15, 0.2) is 72.9 Å². The number of carbonyl (C=O) groups is 2. The smallest absolute Gasteiger partial charge is 0.418 e. The van der Waals surface area contributed by atoms with E-state index in [0.29, 0.717) is 67.3 Å². The number of nitrogens with one attached hydrogen (secondary N) is 1. The molecule has 0 radical (unpaired) electrons. The van der Waals surface area contributed by atoms with Crippen molar-refractivity contribution in [2.75, 3.05) is 26.4 Å². The standard InChI is InChI=1S/C34H32F3N3O5/c1-2-33(24-13-14-27-28(20-24)44-18-17-43-27)31(41)40(32(42)39-33)15-6-7-16-45-30-23(19-22-9-4-3-5-10-22)21-38-29-25(30)11-8-12-26(29)34(35,36)37/h3-5,8-14,20-21H,2,6-7,15-19H2,1H3,(H,39,42). The molecule has 1 atom stereocenters. The van der Waals surface area contributed by atoms with Gasteiger partial charge in [-0.25, -0.2) is 4.79 Å². The Balaban J connectivity index is 1.16. The minimum absolute atomic E-state index is 0.159. The first-order valence-corrected chi connectivity index (χ1v) is 14.9. The van der Waals surface area contributed by atoms with Crippen molar-refractivity contribution in [1.82, 2.24) is 15.2 Å². The summed E-state index contributed by atoms with van der Waals surface area (Å²) >= 11 is 0. The highest BCUT2D eigenvalue weighted by atomic mass is 19.4. The molecule has 0 spiro atoms. The Kier molecular flexibility index (Phi) is 8.26. The number of unbranched alkanes of at least 4 members (excludes halogenated alkanes) is 1. The molecule has 11 heteroatoms. The summed E-state index contributed by atoms with van der Waals surface area (Å²) < 4.78 is 58.7. The van der Waals surface area contributed by atoms with Crippen LogP contribution in [0.4, 0.5) is 18.0 Å². The first kappa shape index (κ1) is 30.2. The van der Waals surface area contributed by atoms with Crippen molar-refractivity contribution in [3.05, 3.63) is 95.2 Å². The fraction of sp³-hybridized carbons (Fsp3) is 0.324. The van der Waals surface area contributed by atoms with E-state index < -0.39 is 23.3 Å². The van der Waals surface area contributed by atoms with Gasteiger partial charge in [-0.15, -0.1) is 0 Å². The van der Waals surface area contributed by atoms with Crippen LogP contribution in [0, 0.1) is 0 Å². The highest BCUT2D eigenvalue weighted by molar-refractivity contribution is 6.07. The number of amides is 3. The number of aromatic nitrogens is 1. The lowest BCUT2D eigenvalue weighted by molar-refractivity contribution is -0.136. The summed E-state index contributed by atoms with van der Waals surface area (Å²) in [5.41, 5.74) is 0.0215. The van der Waals surface area contributed by atoms with Crippen LogP contribution in [0.25, 0.3) is 10.9 Å². The Hall–Kier alpha value is -4.80. The van der Waals surface area contributed by atoms with Gasteiger partial charge in [-0.3, -0.25) is 14.7 Å². The predicted octanol–water partition coefficient (Wildman–Crippen LogP) is 6.63. The number of ether oxygens (including phenoxy) is 3. The van der Waals surface area contributed by atoms with E-state index in [0.717, 1.165) is 11.6 Å². The summed E-state index contributed by atoms with van der Waals surface area (Å²) in [6.45, 7) is 3.01. The zero-order valence-electron chi connectivity index (χ0n) is 24.7. The second-order valence-corrected chi connectivity index (χ2v) is 11.0. The molecule has 3 amide bonds. The number of imide groups is 1. The number of carbonyl (C=O) groups excluding carboxylic acids is 2. The predicted molar refractivity (Wildman–Crippen MR) is 160 cm³/mol. The SMILES string of the molecule is CCC1(c2ccc3c(c2)OCCO3)NC(=O)N(CCCCOc2c(Cc3ccccc3)cnc3c(C(F)(F)F)cccc23)C1=O. The Morgan fingerprint density at radius 2 is 1.76 bits per heavy atom. The van der Waals surface area contributed by atoms with E-state index >= 15 is 0 Å². The summed E-state index contributed by atoms with van der Waals surface area (Å²) in [7, 11) is 0. The topological polar surface area (TPSA) is 90.0 Å². The maximum atomic E-state index is 13.8. The molecular formula is C34H32F3N3O5. The Morgan fingerprint density at radius 1 is 0.978 bits per heavy atom. The number of para-hydroxylation sites is 1. The van der Waals surface area contributed by atoms with Crippen LogP contribution in [0.2, 0.25) is 0 Å². The molecule has 1 saturated heterocycles. The molecule has 3 heterocycles. The number of rotatable bonds is 10. The molecule has 6 rings (SSSR count). The van der Waals surface area contributed by atoms with Crippen LogP contribution in [-0.2, 0) is 22.9 Å². The highest BCUT2D eigenvalue weighted by Crippen LogP contribution is 2.40. The Morgan fingerprint density at radius 3 is 2.51 bits per heavy atom. The largest absolute Gasteiger partial charge is 0.493 e. The van der Waals surface area contributed by atoms with Crippen molar-refractivity contribution >= 4 is 22.8 Å². The molecule has 1 aromatic heterocycles. The summed E-state index contributed by atoms with van der Waals surface area (Å²) in [6.07, 6.45) is -1.47. The van der Waals surface area contributed by atoms with Crippen LogP contribution in [-0.4, -0.2) is 48.2 Å². The second kappa shape index (κ2) is 12.3. The van der Waals surface area contributed by atoms with Gasteiger partial charge < -0.3 is 19.5 Å². The lowest BCUT2D eigenvalue weighted by Gasteiger charge is -2.27. The maximum Gasteiger partial charge on any atom is 0.418 e. The van der Waals surface area contributed by atoms with Gasteiger partial charge in [0, 0.05) is 30.1 Å². The Labute approximate surface area is 258 Å². The average molecular weight is 620 g/mol. The number of urea groups is 1. The molecule has 4 aromatic rings. The van der Waals surface area contributed by atoms with Gasteiger partial charge in [-0.2, -0.15) is 13.2 Å². The van der Waals surface area contributed by atoms with Crippen LogP contribution >= 0.6 is 0 Å². The zero-order valence-corrected chi connectivity index (χ0v) is 24.7. The molecule has 3 aromatic carbocycles. The number of benzene rings is 3. The second-order valence-electron chi connectivity index (χ2n) is 11.0. The van der Waals surface area contributed by atoms with Crippen molar-refractivity contribution in [2.45, 2.75) is 44.3 Å². The fourth-order valence-electron chi connectivity index (χ4n) is 5.90. The van der Waals surface area contributed by atoms with Gasteiger partial charge in [-0.1, -0.05) is 49.4 Å². The summed E-state index contributed by atoms with van der Waals surface area (Å²) in [5, 5.41) is 3.16. The quantitative estimate of drug-likeness (QED) is 0.158. The van der Waals surface area contributed by atoms with Gasteiger partial charge in [0.2, 0.25) is 0 Å². The number of alkyl halides is 3. The van der Waals surface area contributed by atoms with E-state index in [9.17, 15) is 22.8 Å². The molecule has 0 saturated carbocycles. The number of hydrogen-bond acceptors (Lipinski definition) is 6. The van der Waals surface area contributed by atoms with Gasteiger partial charge in [0.15, 0.2) is 11.5 Å². The van der Waals surface area contributed by atoms with Gasteiger partial charge in [0.25, 0.3) is 5.91 Å².